The van der Waals surface area contributed by atoms with Crippen molar-refractivity contribution in [1.29, 1.82) is 0 Å². The van der Waals surface area contributed by atoms with E-state index in [1.54, 1.807) is 10.8 Å². The molecule has 4 heterocycles. The third kappa shape index (κ3) is 3.66. The molecule has 0 amide bonds. The molecule has 2 aromatic carbocycles. The van der Waals surface area contributed by atoms with Gasteiger partial charge in [-0.1, -0.05) is 60.7 Å². The van der Waals surface area contributed by atoms with Crippen LogP contribution in [0.15, 0.2) is 90.0 Å². The Balaban J connectivity index is 1.44. The zero-order chi connectivity index (χ0) is 24.9. The van der Waals surface area contributed by atoms with Gasteiger partial charge in [-0.15, -0.1) is 5.10 Å². The van der Waals surface area contributed by atoms with Crippen molar-refractivity contribution in [3.8, 4) is 17.4 Å². The van der Waals surface area contributed by atoms with Gasteiger partial charge in [-0.3, -0.25) is 4.68 Å². The third-order valence-electron chi connectivity index (χ3n) is 7.20. The largest absolute Gasteiger partial charge is 0.438 e. The molecule has 0 spiro atoms. The Hall–Kier alpha value is -4.52. The monoisotopic (exact) mass is 486 g/mol. The summed E-state index contributed by atoms with van der Waals surface area (Å²) in [4.78, 5) is 9.75. The Morgan fingerprint density at radius 3 is 2.51 bits per heavy atom. The molecule has 0 saturated carbocycles. The lowest BCUT2D eigenvalue weighted by Crippen LogP contribution is -2.22. The summed E-state index contributed by atoms with van der Waals surface area (Å²) in [6, 6.07) is 23.1. The molecule has 1 aliphatic heterocycles. The van der Waals surface area contributed by atoms with Gasteiger partial charge in [-0.05, 0) is 60.6 Å². The summed E-state index contributed by atoms with van der Waals surface area (Å²) >= 11 is 0. The lowest BCUT2D eigenvalue weighted by atomic mass is 9.77. The van der Waals surface area contributed by atoms with Crippen LogP contribution >= 0.6 is 0 Å². The molecule has 182 valence electrons. The number of allylic oxidation sites excluding steroid dienone is 2. The highest BCUT2D eigenvalue weighted by Crippen LogP contribution is 2.49. The molecule has 7 rings (SSSR count). The van der Waals surface area contributed by atoms with Gasteiger partial charge < -0.3 is 4.74 Å². The molecule has 37 heavy (non-hydrogen) atoms. The first-order chi connectivity index (χ1) is 18.2. The number of benzene rings is 2. The number of aryl methyl sites for hydroxylation is 2. The Morgan fingerprint density at radius 2 is 1.76 bits per heavy atom. The highest BCUT2D eigenvalue weighted by molar-refractivity contribution is 5.68. The molecule has 2 aliphatic rings. The van der Waals surface area contributed by atoms with E-state index in [-0.39, 0.29) is 5.92 Å². The van der Waals surface area contributed by atoms with Gasteiger partial charge in [0.2, 0.25) is 5.88 Å². The number of fused-ring (bicyclic) bond motifs is 3. The van der Waals surface area contributed by atoms with Crippen LogP contribution in [-0.4, -0.2) is 29.4 Å². The van der Waals surface area contributed by atoms with E-state index in [2.05, 4.69) is 65.8 Å². The van der Waals surface area contributed by atoms with Gasteiger partial charge in [-0.25, -0.2) is 14.5 Å². The van der Waals surface area contributed by atoms with Crippen LogP contribution in [0.25, 0.3) is 23.2 Å². The predicted molar refractivity (Wildman–Crippen MR) is 142 cm³/mol. The number of rotatable bonds is 3. The van der Waals surface area contributed by atoms with E-state index in [0.29, 0.717) is 11.7 Å². The molecular weight excluding hydrogens is 460 g/mol. The smallest absolute Gasteiger partial charge is 0.228 e. The second-order valence-electron chi connectivity index (χ2n) is 9.70. The maximum Gasteiger partial charge on any atom is 0.228 e. The van der Waals surface area contributed by atoms with Crippen LogP contribution in [-0.2, 0) is 7.05 Å². The van der Waals surface area contributed by atoms with E-state index < -0.39 is 0 Å². The van der Waals surface area contributed by atoms with Crippen molar-refractivity contribution in [3.05, 3.63) is 112 Å². The van der Waals surface area contributed by atoms with Crippen molar-refractivity contribution in [1.82, 2.24) is 29.4 Å². The predicted octanol–water partition coefficient (Wildman–Crippen LogP) is 5.88. The van der Waals surface area contributed by atoms with Crippen LogP contribution < -0.4 is 4.74 Å². The average molecular weight is 487 g/mol. The van der Waals surface area contributed by atoms with Gasteiger partial charge in [-0.2, -0.15) is 5.10 Å². The zero-order valence-electron chi connectivity index (χ0n) is 20.8. The van der Waals surface area contributed by atoms with Crippen molar-refractivity contribution in [2.75, 3.05) is 0 Å². The Labute approximate surface area is 214 Å². The van der Waals surface area contributed by atoms with Gasteiger partial charge in [0.05, 0.1) is 11.3 Å². The Kier molecular flexibility index (Phi) is 5.02. The van der Waals surface area contributed by atoms with Crippen molar-refractivity contribution < 1.29 is 4.74 Å². The van der Waals surface area contributed by atoms with Crippen LogP contribution in [0.2, 0.25) is 0 Å². The van der Waals surface area contributed by atoms with Crippen molar-refractivity contribution >= 4 is 11.7 Å². The molecule has 0 fully saturated rings. The molecule has 0 radical (unpaired) electrons. The summed E-state index contributed by atoms with van der Waals surface area (Å²) in [5.74, 6) is 2.16. The third-order valence-corrected chi connectivity index (χ3v) is 7.20. The second kappa shape index (κ2) is 8.55. The van der Waals surface area contributed by atoms with E-state index >= 15 is 0 Å². The molecule has 7 heteroatoms. The topological polar surface area (TPSA) is 70.1 Å². The Bertz CT molecular complexity index is 1690. The molecule has 1 atom stereocenters. The number of hydrogen-bond donors (Lipinski definition) is 0. The summed E-state index contributed by atoms with van der Waals surface area (Å²) < 4.78 is 10.2. The molecule has 1 aliphatic carbocycles. The van der Waals surface area contributed by atoms with Crippen molar-refractivity contribution in [2.24, 2.45) is 7.05 Å². The highest BCUT2D eigenvalue weighted by atomic mass is 16.5. The number of nitrogens with zero attached hydrogens (tertiary/aromatic N) is 6. The van der Waals surface area contributed by atoms with E-state index in [1.807, 2.05) is 30.8 Å². The summed E-state index contributed by atoms with van der Waals surface area (Å²) in [6.07, 6.45) is 6.96. The zero-order valence-corrected chi connectivity index (χ0v) is 20.8. The first kappa shape index (κ1) is 21.7. The van der Waals surface area contributed by atoms with Gasteiger partial charge in [0, 0.05) is 13.0 Å². The molecule has 7 nitrogen and oxygen atoms in total. The summed E-state index contributed by atoms with van der Waals surface area (Å²) in [5, 5.41) is 9.25. The maximum atomic E-state index is 6.62. The standard InChI is InChI=1S/C30H26N6O/c1-19-16-24(35(2)33-19)28-32-29-26-25(21-12-7-4-8-13-21)23-15-9-14-22(17-20-10-5-3-6-11-20)27(23)37-30(26)31-18-36(29)34-28/h3-8,10-13,16-18,25H,9,14-15H2,1-2H3/b22-17+/t25-/m0/s1. The minimum Gasteiger partial charge on any atom is -0.438 e. The first-order valence-corrected chi connectivity index (χ1v) is 12.6. The quantitative estimate of drug-likeness (QED) is 0.319. The number of aromatic nitrogens is 6. The molecular formula is C30H26N6O. The maximum absolute atomic E-state index is 6.62. The van der Waals surface area contributed by atoms with E-state index in [4.69, 9.17) is 19.8 Å². The minimum atomic E-state index is -0.0130. The van der Waals surface area contributed by atoms with Crippen LogP contribution in [0.5, 0.6) is 5.88 Å². The number of hydrogen-bond acceptors (Lipinski definition) is 5. The second-order valence-corrected chi connectivity index (χ2v) is 9.70. The summed E-state index contributed by atoms with van der Waals surface area (Å²) in [7, 11) is 1.91. The van der Waals surface area contributed by atoms with Gasteiger partial charge in [0.15, 0.2) is 11.5 Å². The number of ether oxygens (including phenoxy) is 1. The minimum absolute atomic E-state index is 0.0130. The van der Waals surface area contributed by atoms with Gasteiger partial charge in [0.25, 0.3) is 0 Å². The lowest BCUT2D eigenvalue weighted by Gasteiger charge is -2.34. The first-order valence-electron chi connectivity index (χ1n) is 12.6. The summed E-state index contributed by atoms with van der Waals surface area (Å²) in [5.41, 5.74) is 8.40. The highest BCUT2D eigenvalue weighted by Gasteiger charge is 2.37. The molecule has 5 aromatic rings. The molecule has 0 bridgehead atoms. The molecule has 0 unspecified atom stereocenters. The molecule has 0 N–H and O–H groups in total. The fraction of sp³-hybridized carbons (Fsp3) is 0.200. The average Bonchev–Trinajstić information content (AvgIpc) is 3.51. The van der Waals surface area contributed by atoms with E-state index in [0.717, 1.165) is 47.6 Å². The van der Waals surface area contributed by atoms with Crippen LogP contribution in [0.1, 0.15) is 47.6 Å². The molecule has 3 aromatic heterocycles. The van der Waals surface area contributed by atoms with E-state index in [9.17, 15) is 0 Å². The molecule has 0 saturated heterocycles. The summed E-state index contributed by atoms with van der Waals surface area (Å²) in [6.45, 7) is 1.97. The van der Waals surface area contributed by atoms with Crippen LogP contribution in [0, 0.1) is 6.92 Å². The van der Waals surface area contributed by atoms with Crippen molar-refractivity contribution in [3.63, 3.8) is 0 Å². The lowest BCUT2D eigenvalue weighted by molar-refractivity contribution is 0.371. The van der Waals surface area contributed by atoms with Crippen molar-refractivity contribution in [2.45, 2.75) is 32.1 Å². The van der Waals surface area contributed by atoms with E-state index in [1.165, 1.54) is 22.3 Å². The fourth-order valence-corrected chi connectivity index (χ4v) is 5.60. The normalized spacial score (nSPS) is 18.1. The van der Waals surface area contributed by atoms with Crippen LogP contribution in [0.4, 0.5) is 0 Å². The Morgan fingerprint density at radius 1 is 0.973 bits per heavy atom. The van der Waals surface area contributed by atoms with Gasteiger partial charge >= 0.3 is 0 Å². The fourth-order valence-electron chi connectivity index (χ4n) is 5.60. The SMILES string of the molecule is Cc1cc(-c2nc3c4c(ncn3n2)OC2=C(CCC/C2=C\c2ccccc2)[C@@H]4c2ccccc2)n(C)n1. The van der Waals surface area contributed by atoms with Gasteiger partial charge in [0.1, 0.15) is 17.8 Å². The van der Waals surface area contributed by atoms with Crippen LogP contribution in [0.3, 0.4) is 0 Å².